The summed E-state index contributed by atoms with van der Waals surface area (Å²) < 4.78 is 0. The minimum atomic E-state index is -1.34. The lowest BCUT2D eigenvalue weighted by atomic mass is 10.0. The second kappa shape index (κ2) is 13.4. The van der Waals surface area contributed by atoms with E-state index < -0.39 is 53.8 Å². The van der Waals surface area contributed by atoms with Crippen LogP contribution in [0, 0.1) is 5.92 Å². The Morgan fingerprint density at radius 1 is 0.946 bits per heavy atom. The van der Waals surface area contributed by atoms with E-state index in [1.54, 1.807) is 6.20 Å². The van der Waals surface area contributed by atoms with Crippen LogP contribution < -0.4 is 27.4 Å². The van der Waals surface area contributed by atoms with E-state index in [0.717, 1.165) is 16.5 Å². The number of nitrogens with two attached hydrogens (primary N) is 2. The number of carbonyl (C=O) groups excluding carboxylic acids is 4. The molecule has 0 aliphatic rings. The van der Waals surface area contributed by atoms with Gasteiger partial charge in [0.15, 0.2) is 0 Å². The number of H-pyrrole nitrogens is 1. The third-order valence-corrected chi connectivity index (χ3v) is 5.84. The minimum Gasteiger partial charge on any atom is -0.480 e. The zero-order valence-corrected chi connectivity index (χ0v) is 21.2. The van der Waals surface area contributed by atoms with Crippen molar-refractivity contribution in [2.24, 2.45) is 17.4 Å². The number of benzene rings is 1. The van der Waals surface area contributed by atoms with E-state index in [9.17, 15) is 29.1 Å². The fourth-order valence-corrected chi connectivity index (χ4v) is 3.83. The standard InChI is InChI=1S/C25H36N6O6/c1-13(2)10-20(24(35)29-14(3)22(33)30-19(25(36)37)8-9-21(27)32)31-23(34)17(26)11-15-12-28-18-7-5-4-6-16(15)18/h4-7,12-14,17,19-20,28H,8-11,26H2,1-3H3,(H2,27,32)(H,29,35)(H,30,33)(H,31,34)(H,36,37). The Morgan fingerprint density at radius 3 is 2.22 bits per heavy atom. The second-order valence-corrected chi connectivity index (χ2v) is 9.50. The summed E-state index contributed by atoms with van der Waals surface area (Å²) in [5.41, 5.74) is 13.0. The SMILES string of the molecule is CC(C)CC(NC(=O)C(N)Cc1c[nH]c2ccccc12)C(=O)NC(C)C(=O)NC(CCC(N)=O)C(=O)O. The van der Waals surface area contributed by atoms with Gasteiger partial charge in [-0.3, -0.25) is 19.2 Å². The van der Waals surface area contributed by atoms with E-state index in [1.807, 2.05) is 38.1 Å². The molecule has 0 bridgehead atoms. The number of carboxylic acid groups (broad SMARTS) is 1. The van der Waals surface area contributed by atoms with E-state index in [1.165, 1.54) is 6.92 Å². The van der Waals surface area contributed by atoms with Crippen LogP contribution in [0.3, 0.4) is 0 Å². The van der Waals surface area contributed by atoms with Gasteiger partial charge in [-0.25, -0.2) is 4.79 Å². The van der Waals surface area contributed by atoms with Crippen LogP contribution in [0.2, 0.25) is 0 Å². The van der Waals surface area contributed by atoms with E-state index in [-0.39, 0.29) is 25.2 Å². The summed E-state index contributed by atoms with van der Waals surface area (Å²) in [5.74, 6) is -3.86. The van der Waals surface area contributed by atoms with Gasteiger partial charge in [0.2, 0.25) is 23.6 Å². The van der Waals surface area contributed by atoms with Gasteiger partial charge in [-0.2, -0.15) is 0 Å². The van der Waals surface area contributed by atoms with Crippen LogP contribution in [-0.2, 0) is 30.4 Å². The van der Waals surface area contributed by atoms with Crippen molar-refractivity contribution in [3.8, 4) is 0 Å². The van der Waals surface area contributed by atoms with Crippen LogP contribution in [0.4, 0.5) is 0 Å². The Morgan fingerprint density at radius 2 is 1.59 bits per heavy atom. The minimum absolute atomic E-state index is 0.0372. The topological polar surface area (TPSA) is 209 Å². The first-order valence-electron chi connectivity index (χ1n) is 12.1. The van der Waals surface area contributed by atoms with E-state index in [2.05, 4.69) is 20.9 Å². The summed E-state index contributed by atoms with van der Waals surface area (Å²) in [4.78, 5) is 63.8. The fraction of sp³-hybridized carbons (Fsp3) is 0.480. The maximum absolute atomic E-state index is 12.9. The van der Waals surface area contributed by atoms with E-state index in [4.69, 9.17) is 11.5 Å². The average Bonchev–Trinajstić information content (AvgIpc) is 3.23. The normalized spacial score (nSPS) is 14.4. The first-order chi connectivity index (χ1) is 17.4. The molecule has 1 aromatic carbocycles. The molecule has 0 aliphatic carbocycles. The highest BCUT2D eigenvalue weighted by atomic mass is 16.4. The van der Waals surface area contributed by atoms with Gasteiger partial charge < -0.3 is 37.5 Å². The molecular weight excluding hydrogens is 480 g/mol. The lowest BCUT2D eigenvalue weighted by Gasteiger charge is -2.24. The monoisotopic (exact) mass is 516 g/mol. The van der Waals surface area contributed by atoms with Crippen molar-refractivity contribution in [2.45, 2.75) is 70.6 Å². The van der Waals surface area contributed by atoms with Crippen molar-refractivity contribution in [3.63, 3.8) is 0 Å². The van der Waals surface area contributed by atoms with Crippen molar-refractivity contribution < 1.29 is 29.1 Å². The van der Waals surface area contributed by atoms with Crippen molar-refractivity contribution in [1.82, 2.24) is 20.9 Å². The summed E-state index contributed by atoms with van der Waals surface area (Å²) in [6.07, 6.45) is 1.94. The molecule has 2 aromatic rings. The smallest absolute Gasteiger partial charge is 0.326 e. The molecule has 0 radical (unpaired) electrons. The van der Waals surface area contributed by atoms with Crippen molar-refractivity contribution in [2.75, 3.05) is 0 Å². The Bertz CT molecular complexity index is 1130. The molecule has 202 valence electrons. The maximum atomic E-state index is 12.9. The molecule has 1 aromatic heterocycles. The number of fused-ring (bicyclic) bond motifs is 1. The van der Waals surface area contributed by atoms with Gasteiger partial charge in [0.25, 0.3) is 0 Å². The number of aromatic nitrogens is 1. The molecular formula is C25H36N6O6. The summed E-state index contributed by atoms with van der Waals surface area (Å²) in [6, 6.07) is 3.32. The largest absolute Gasteiger partial charge is 0.480 e. The van der Waals surface area contributed by atoms with Crippen LogP contribution in [0.25, 0.3) is 10.9 Å². The van der Waals surface area contributed by atoms with Gasteiger partial charge in [-0.1, -0.05) is 32.0 Å². The molecule has 0 saturated carbocycles. The first kappa shape index (κ1) is 29.3. The fourth-order valence-electron chi connectivity index (χ4n) is 3.83. The molecule has 0 spiro atoms. The van der Waals surface area contributed by atoms with Gasteiger partial charge in [-0.05, 0) is 43.7 Å². The van der Waals surface area contributed by atoms with Crippen molar-refractivity contribution in [3.05, 3.63) is 36.0 Å². The summed E-state index contributed by atoms with van der Waals surface area (Å²) in [5, 5.41) is 17.7. The van der Waals surface area contributed by atoms with E-state index >= 15 is 0 Å². The third kappa shape index (κ3) is 8.90. The number of nitrogens with one attached hydrogen (secondary N) is 4. The zero-order valence-electron chi connectivity index (χ0n) is 21.2. The van der Waals surface area contributed by atoms with Crippen LogP contribution in [0.15, 0.2) is 30.5 Å². The lowest BCUT2D eigenvalue weighted by Crippen LogP contribution is -2.56. The summed E-state index contributed by atoms with van der Waals surface area (Å²) in [6.45, 7) is 5.15. The molecule has 0 fully saturated rings. The number of hydrogen-bond donors (Lipinski definition) is 7. The second-order valence-electron chi connectivity index (χ2n) is 9.50. The van der Waals surface area contributed by atoms with Crippen LogP contribution in [0.5, 0.6) is 0 Å². The number of aromatic amines is 1. The number of hydrogen-bond acceptors (Lipinski definition) is 6. The Hall–Kier alpha value is -3.93. The first-order valence-corrected chi connectivity index (χ1v) is 12.1. The van der Waals surface area contributed by atoms with Crippen LogP contribution >= 0.6 is 0 Å². The van der Waals surface area contributed by atoms with Crippen LogP contribution in [-0.4, -0.2) is 63.9 Å². The van der Waals surface area contributed by atoms with Gasteiger partial charge in [-0.15, -0.1) is 0 Å². The van der Waals surface area contributed by atoms with Gasteiger partial charge >= 0.3 is 5.97 Å². The number of carboxylic acids is 1. The number of carbonyl (C=O) groups is 5. The lowest BCUT2D eigenvalue weighted by molar-refractivity contribution is -0.142. The predicted octanol–water partition coefficient (Wildman–Crippen LogP) is -0.0918. The van der Waals surface area contributed by atoms with Gasteiger partial charge in [0.1, 0.15) is 18.1 Å². The molecule has 0 saturated heterocycles. The Labute approximate surface area is 214 Å². The maximum Gasteiger partial charge on any atom is 0.326 e. The molecule has 37 heavy (non-hydrogen) atoms. The molecule has 0 aliphatic heterocycles. The summed E-state index contributed by atoms with van der Waals surface area (Å²) >= 11 is 0. The molecule has 12 heteroatoms. The highest BCUT2D eigenvalue weighted by molar-refractivity contribution is 5.94. The number of primary amides is 1. The van der Waals surface area contributed by atoms with Gasteiger partial charge in [0, 0.05) is 23.5 Å². The molecule has 9 N–H and O–H groups in total. The van der Waals surface area contributed by atoms with Gasteiger partial charge in [0.05, 0.1) is 6.04 Å². The van der Waals surface area contributed by atoms with Crippen molar-refractivity contribution >= 4 is 40.5 Å². The average molecular weight is 517 g/mol. The molecule has 4 unspecified atom stereocenters. The molecule has 12 nitrogen and oxygen atoms in total. The highest BCUT2D eigenvalue weighted by Crippen LogP contribution is 2.19. The quantitative estimate of drug-likeness (QED) is 0.181. The number of amides is 4. The number of rotatable bonds is 14. The van der Waals surface area contributed by atoms with Crippen LogP contribution in [0.1, 0.15) is 45.6 Å². The Balaban J connectivity index is 2.00. The molecule has 4 atom stereocenters. The predicted molar refractivity (Wildman–Crippen MR) is 137 cm³/mol. The van der Waals surface area contributed by atoms with Crippen molar-refractivity contribution in [1.29, 1.82) is 0 Å². The molecule has 1 heterocycles. The third-order valence-electron chi connectivity index (χ3n) is 5.84. The Kier molecular flexibility index (Phi) is 10.6. The van der Waals surface area contributed by atoms with E-state index in [0.29, 0.717) is 6.42 Å². The highest BCUT2D eigenvalue weighted by Gasteiger charge is 2.29. The number of aliphatic carboxylic acids is 1. The molecule has 2 rings (SSSR count). The summed E-state index contributed by atoms with van der Waals surface area (Å²) in [7, 11) is 0. The zero-order chi connectivity index (χ0) is 27.7. The molecule has 4 amide bonds. The number of para-hydroxylation sites is 1.